The maximum absolute atomic E-state index is 12.9. The van der Waals surface area contributed by atoms with E-state index in [4.69, 9.17) is 5.73 Å². The number of nitrogens with zero attached hydrogens (tertiary/aromatic N) is 1. The van der Waals surface area contributed by atoms with E-state index < -0.39 is 29.8 Å². The van der Waals surface area contributed by atoms with Crippen molar-refractivity contribution >= 4 is 23.6 Å². The number of hydrogen-bond acceptors (Lipinski definition) is 5. The summed E-state index contributed by atoms with van der Waals surface area (Å²) in [7, 11) is 0. The van der Waals surface area contributed by atoms with Crippen molar-refractivity contribution in [1.29, 1.82) is 0 Å². The number of nitrogens with one attached hydrogen (secondary N) is 3. The van der Waals surface area contributed by atoms with Crippen LogP contribution in [0.15, 0.2) is 30.3 Å². The molecule has 1 fully saturated rings. The molecular formula is C22H33N5O4. The van der Waals surface area contributed by atoms with Gasteiger partial charge in [-0.1, -0.05) is 44.2 Å². The highest BCUT2D eigenvalue weighted by atomic mass is 16.2. The van der Waals surface area contributed by atoms with Gasteiger partial charge in [-0.15, -0.1) is 0 Å². The summed E-state index contributed by atoms with van der Waals surface area (Å²) in [6.45, 7) is 4.43. The third-order valence-electron chi connectivity index (χ3n) is 5.21. The first-order chi connectivity index (χ1) is 14.8. The number of benzene rings is 1. The second-order valence-corrected chi connectivity index (χ2v) is 8.05. The molecule has 1 heterocycles. The fourth-order valence-corrected chi connectivity index (χ4v) is 3.50. The van der Waals surface area contributed by atoms with Gasteiger partial charge in [-0.05, 0) is 24.3 Å². The Labute approximate surface area is 183 Å². The van der Waals surface area contributed by atoms with Gasteiger partial charge in [-0.25, -0.2) is 0 Å². The van der Waals surface area contributed by atoms with E-state index in [0.29, 0.717) is 19.5 Å². The predicted molar refractivity (Wildman–Crippen MR) is 117 cm³/mol. The molecule has 0 bridgehead atoms. The van der Waals surface area contributed by atoms with Gasteiger partial charge in [-0.2, -0.15) is 0 Å². The van der Waals surface area contributed by atoms with Crippen LogP contribution < -0.4 is 21.7 Å². The van der Waals surface area contributed by atoms with Crippen molar-refractivity contribution in [3.05, 3.63) is 35.9 Å². The highest BCUT2D eigenvalue weighted by molar-refractivity contribution is 5.93. The minimum atomic E-state index is -0.796. The van der Waals surface area contributed by atoms with Gasteiger partial charge in [0, 0.05) is 19.5 Å². The van der Waals surface area contributed by atoms with Crippen LogP contribution in [-0.4, -0.2) is 66.8 Å². The third kappa shape index (κ3) is 7.67. The summed E-state index contributed by atoms with van der Waals surface area (Å²) in [4.78, 5) is 51.2. The Morgan fingerprint density at radius 1 is 1.00 bits per heavy atom. The lowest BCUT2D eigenvalue weighted by Crippen LogP contribution is -2.54. The first kappa shape index (κ1) is 24.3. The molecule has 5 N–H and O–H groups in total. The lowest BCUT2D eigenvalue weighted by Gasteiger charge is -2.25. The van der Waals surface area contributed by atoms with Gasteiger partial charge in [0.1, 0.15) is 12.1 Å². The largest absolute Gasteiger partial charge is 0.345 e. The number of hydrogen-bond donors (Lipinski definition) is 4. The van der Waals surface area contributed by atoms with E-state index in [1.54, 1.807) is 18.7 Å². The first-order valence-electron chi connectivity index (χ1n) is 10.7. The van der Waals surface area contributed by atoms with Gasteiger partial charge < -0.3 is 26.6 Å². The van der Waals surface area contributed by atoms with Crippen LogP contribution in [0, 0.1) is 5.92 Å². The van der Waals surface area contributed by atoms with Crippen molar-refractivity contribution in [1.82, 2.24) is 20.9 Å². The van der Waals surface area contributed by atoms with Crippen molar-refractivity contribution < 1.29 is 19.2 Å². The van der Waals surface area contributed by atoms with Crippen LogP contribution in [0.4, 0.5) is 0 Å². The number of carbonyl (C=O) groups is 4. The summed E-state index contributed by atoms with van der Waals surface area (Å²) in [5.41, 5.74) is 6.24. The highest BCUT2D eigenvalue weighted by Gasteiger charge is 2.29. The Morgan fingerprint density at radius 2 is 1.65 bits per heavy atom. The van der Waals surface area contributed by atoms with Crippen LogP contribution in [0.2, 0.25) is 0 Å². The van der Waals surface area contributed by atoms with Gasteiger partial charge in [0.15, 0.2) is 0 Å². The lowest BCUT2D eigenvalue weighted by molar-refractivity contribution is -0.135. The molecular weight excluding hydrogens is 398 g/mol. The summed E-state index contributed by atoms with van der Waals surface area (Å²) in [6.07, 6.45) is 2.29. The van der Waals surface area contributed by atoms with E-state index in [1.165, 1.54) is 0 Å². The number of amides is 4. The number of rotatable bonds is 10. The molecule has 0 aromatic heterocycles. The molecule has 0 aliphatic carbocycles. The molecule has 0 spiro atoms. The zero-order chi connectivity index (χ0) is 22.8. The molecule has 9 nitrogen and oxygen atoms in total. The van der Waals surface area contributed by atoms with Gasteiger partial charge in [-0.3, -0.25) is 19.2 Å². The molecule has 0 saturated carbocycles. The molecule has 4 amide bonds. The van der Waals surface area contributed by atoms with E-state index in [1.807, 2.05) is 30.3 Å². The summed E-state index contributed by atoms with van der Waals surface area (Å²) < 4.78 is 0. The van der Waals surface area contributed by atoms with Crippen LogP contribution in [0.25, 0.3) is 0 Å². The van der Waals surface area contributed by atoms with E-state index in [2.05, 4.69) is 16.0 Å². The van der Waals surface area contributed by atoms with Crippen LogP contribution in [0.1, 0.15) is 32.3 Å². The minimum Gasteiger partial charge on any atom is -0.345 e. The Bertz CT molecular complexity index is 762. The standard InChI is InChI=1S/C22H33N5O4/c1-15(2)20(26-18(28)13-23)21(30)24-14-19(29)25-17(12-16-8-4-3-5-9-16)22(31)27-10-6-7-11-27/h3-5,8-9,15,17,20H,6-7,10-14,23H2,1-2H3,(H,24,30)(H,25,29)(H,26,28)/t17-,20?/m0/s1. The van der Waals surface area contributed by atoms with Crippen molar-refractivity contribution in [3.63, 3.8) is 0 Å². The van der Waals surface area contributed by atoms with E-state index in [9.17, 15) is 19.2 Å². The van der Waals surface area contributed by atoms with Crippen molar-refractivity contribution in [2.75, 3.05) is 26.2 Å². The van der Waals surface area contributed by atoms with Gasteiger partial charge in [0.2, 0.25) is 23.6 Å². The SMILES string of the molecule is CC(C)C(NC(=O)CN)C(=O)NCC(=O)N[C@@H](Cc1ccccc1)C(=O)N1CCCC1. The number of likely N-dealkylation sites (tertiary alicyclic amines) is 1. The number of nitrogens with two attached hydrogens (primary N) is 1. The fourth-order valence-electron chi connectivity index (χ4n) is 3.50. The average molecular weight is 432 g/mol. The van der Waals surface area contributed by atoms with Crippen molar-refractivity contribution in [2.24, 2.45) is 11.7 Å². The smallest absolute Gasteiger partial charge is 0.245 e. The van der Waals surface area contributed by atoms with Crippen LogP contribution in [0.5, 0.6) is 0 Å². The fraction of sp³-hybridized carbons (Fsp3) is 0.545. The van der Waals surface area contributed by atoms with Crippen LogP contribution in [0.3, 0.4) is 0 Å². The van der Waals surface area contributed by atoms with E-state index in [0.717, 1.165) is 18.4 Å². The maximum atomic E-state index is 12.9. The average Bonchev–Trinajstić information content (AvgIpc) is 3.30. The monoisotopic (exact) mass is 431 g/mol. The summed E-state index contributed by atoms with van der Waals surface area (Å²) >= 11 is 0. The Morgan fingerprint density at radius 3 is 2.23 bits per heavy atom. The van der Waals surface area contributed by atoms with Crippen LogP contribution in [-0.2, 0) is 25.6 Å². The Kier molecular flexibility index (Phi) is 9.45. The first-order valence-corrected chi connectivity index (χ1v) is 10.7. The van der Waals surface area contributed by atoms with Gasteiger partial charge in [0.05, 0.1) is 13.1 Å². The Hall–Kier alpha value is -2.94. The molecule has 31 heavy (non-hydrogen) atoms. The molecule has 1 aliphatic heterocycles. The molecule has 1 unspecified atom stereocenters. The molecule has 1 aromatic rings. The minimum absolute atomic E-state index is 0.115. The molecule has 9 heteroatoms. The number of carbonyl (C=O) groups excluding carboxylic acids is 4. The topological polar surface area (TPSA) is 134 Å². The van der Waals surface area contributed by atoms with Crippen molar-refractivity contribution in [2.45, 2.75) is 45.2 Å². The molecule has 1 aliphatic rings. The maximum Gasteiger partial charge on any atom is 0.245 e. The molecule has 0 radical (unpaired) electrons. The molecule has 2 atom stereocenters. The molecule has 2 rings (SSSR count). The van der Waals surface area contributed by atoms with E-state index in [-0.39, 0.29) is 24.9 Å². The normalized spacial score (nSPS) is 15.3. The predicted octanol–water partition coefficient (Wildman–Crippen LogP) is -0.448. The second-order valence-electron chi connectivity index (χ2n) is 8.05. The lowest BCUT2D eigenvalue weighted by atomic mass is 10.0. The molecule has 1 saturated heterocycles. The summed E-state index contributed by atoms with van der Waals surface area (Å²) in [5, 5.41) is 7.85. The molecule has 1 aromatic carbocycles. The van der Waals surface area contributed by atoms with Gasteiger partial charge >= 0.3 is 0 Å². The quantitative estimate of drug-likeness (QED) is 0.398. The third-order valence-corrected chi connectivity index (χ3v) is 5.21. The zero-order valence-electron chi connectivity index (χ0n) is 18.2. The van der Waals surface area contributed by atoms with E-state index >= 15 is 0 Å². The van der Waals surface area contributed by atoms with Gasteiger partial charge in [0.25, 0.3) is 0 Å². The van der Waals surface area contributed by atoms with Crippen molar-refractivity contribution in [3.8, 4) is 0 Å². The highest BCUT2D eigenvalue weighted by Crippen LogP contribution is 2.12. The summed E-state index contributed by atoms with van der Waals surface area (Å²) in [6, 6.07) is 7.98. The zero-order valence-corrected chi connectivity index (χ0v) is 18.2. The molecule has 170 valence electrons. The Balaban J connectivity index is 1.97. The van der Waals surface area contributed by atoms with Crippen LogP contribution >= 0.6 is 0 Å². The summed E-state index contributed by atoms with van der Waals surface area (Å²) in [5.74, 6) is -1.68. The second kappa shape index (κ2) is 12.0.